The molecule has 1 fully saturated rings. The van der Waals surface area contributed by atoms with E-state index >= 15 is 0 Å². The van der Waals surface area contributed by atoms with Crippen molar-refractivity contribution in [3.63, 3.8) is 0 Å². The van der Waals surface area contributed by atoms with Gasteiger partial charge in [-0.25, -0.2) is 4.98 Å². The Bertz CT molecular complexity index is 302. The minimum atomic E-state index is 1.00. The fraction of sp³-hybridized carbons (Fsp3) is 0.750. The second-order valence-electron chi connectivity index (χ2n) is 4.42. The smallest absolute Gasteiger partial charge is 0.202 e. The summed E-state index contributed by atoms with van der Waals surface area (Å²) < 4.78 is 2.22. The maximum atomic E-state index is 4.33. The molecule has 4 nitrogen and oxygen atoms in total. The molecule has 16 heavy (non-hydrogen) atoms. The highest BCUT2D eigenvalue weighted by atomic mass is 15.2. The van der Waals surface area contributed by atoms with Crippen molar-refractivity contribution in [2.75, 3.05) is 31.5 Å². The van der Waals surface area contributed by atoms with Gasteiger partial charge in [0, 0.05) is 32.0 Å². The summed E-state index contributed by atoms with van der Waals surface area (Å²) in [5.74, 6) is 1.01. The number of nitrogens with one attached hydrogen (secondary N) is 1. The number of anilines is 1. The van der Waals surface area contributed by atoms with E-state index in [2.05, 4.69) is 32.9 Å². The summed E-state index contributed by atoms with van der Waals surface area (Å²) in [6.07, 6.45) is 7.81. The van der Waals surface area contributed by atoms with E-state index in [1.807, 2.05) is 6.20 Å². The summed E-state index contributed by atoms with van der Waals surface area (Å²) >= 11 is 0. The molecular weight excluding hydrogens is 200 g/mol. The molecule has 0 saturated carbocycles. The molecule has 1 aliphatic rings. The summed E-state index contributed by atoms with van der Waals surface area (Å²) in [4.78, 5) is 6.86. The lowest BCUT2D eigenvalue weighted by Gasteiger charge is -2.16. The summed E-state index contributed by atoms with van der Waals surface area (Å²) in [5.41, 5.74) is 0. The summed E-state index contributed by atoms with van der Waals surface area (Å²) in [6.45, 7) is 7.91. The SMILES string of the molecule is CCCNc1nccn1CCN1CCCC1. The first-order valence-corrected chi connectivity index (χ1v) is 6.37. The van der Waals surface area contributed by atoms with Crippen molar-refractivity contribution in [3.05, 3.63) is 12.4 Å². The molecule has 1 N–H and O–H groups in total. The van der Waals surface area contributed by atoms with E-state index in [9.17, 15) is 0 Å². The van der Waals surface area contributed by atoms with Gasteiger partial charge in [0.05, 0.1) is 0 Å². The van der Waals surface area contributed by atoms with Crippen molar-refractivity contribution in [2.45, 2.75) is 32.7 Å². The van der Waals surface area contributed by atoms with E-state index in [0.717, 1.165) is 32.0 Å². The molecule has 90 valence electrons. The minimum absolute atomic E-state index is 1.00. The molecule has 0 spiro atoms. The zero-order valence-electron chi connectivity index (χ0n) is 10.2. The largest absolute Gasteiger partial charge is 0.356 e. The van der Waals surface area contributed by atoms with Crippen LogP contribution in [0.2, 0.25) is 0 Å². The Morgan fingerprint density at radius 1 is 1.31 bits per heavy atom. The van der Waals surface area contributed by atoms with E-state index in [1.54, 1.807) is 0 Å². The lowest BCUT2D eigenvalue weighted by atomic mass is 10.4. The Kier molecular flexibility index (Phi) is 4.22. The van der Waals surface area contributed by atoms with Crippen molar-refractivity contribution in [1.29, 1.82) is 0 Å². The Morgan fingerprint density at radius 2 is 2.12 bits per heavy atom. The van der Waals surface area contributed by atoms with Crippen molar-refractivity contribution >= 4 is 5.95 Å². The van der Waals surface area contributed by atoms with Crippen LogP contribution in [-0.2, 0) is 6.54 Å². The van der Waals surface area contributed by atoms with Gasteiger partial charge in [0.2, 0.25) is 5.95 Å². The van der Waals surface area contributed by atoms with Crippen molar-refractivity contribution in [1.82, 2.24) is 14.5 Å². The van der Waals surface area contributed by atoms with Crippen LogP contribution in [0.15, 0.2) is 12.4 Å². The Hall–Kier alpha value is -1.03. The number of rotatable bonds is 6. The van der Waals surface area contributed by atoms with Crippen LogP contribution in [0.5, 0.6) is 0 Å². The zero-order chi connectivity index (χ0) is 11.2. The Morgan fingerprint density at radius 3 is 2.88 bits per heavy atom. The maximum absolute atomic E-state index is 4.33. The van der Waals surface area contributed by atoms with E-state index in [0.29, 0.717) is 0 Å². The molecule has 4 heteroatoms. The first-order valence-electron chi connectivity index (χ1n) is 6.37. The molecule has 0 bridgehead atoms. The van der Waals surface area contributed by atoms with Gasteiger partial charge >= 0.3 is 0 Å². The maximum Gasteiger partial charge on any atom is 0.202 e. The van der Waals surface area contributed by atoms with Crippen molar-refractivity contribution in [3.8, 4) is 0 Å². The van der Waals surface area contributed by atoms with E-state index in [1.165, 1.54) is 25.9 Å². The van der Waals surface area contributed by atoms with Crippen LogP contribution < -0.4 is 5.32 Å². The average Bonchev–Trinajstić information content (AvgIpc) is 2.94. The van der Waals surface area contributed by atoms with Crippen molar-refractivity contribution in [2.24, 2.45) is 0 Å². The van der Waals surface area contributed by atoms with Crippen molar-refractivity contribution < 1.29 is 0 Å². The molecular formula is C12H22N4. The lowest BCUT2D eigenvalue weighted by Crippen LogP contribution is -2.24. The van der Waals surface area contributed by atoms with E-state index < -0.39 is 0 Å². The molecule has 2 rings (SSSR count). The number of imidazole rings is 1. The van der Waals surface area contributed by atoms with Crippen LogP contribution in [0.1, 0.15) is 26.2 Å². The van der Waals surface area contributed by atoms with Gasteiger partial charge in [0.1, 0.15) is 0 Å². The number of hydrogen-bond acceptors (Lipinski definition) is 3. The third-order valence-electron chi connectivity index (χ3n) is 3.10. The minimum Gasteiger partial charge on any atom is -0.356 e. The van der Waals surface area contributed by atoms with Gasteiger partial charge in [-0.05, 0) is 32.4 Å². The molecule has 1 saturated heterocycles. The molecule has 0 unspecified atom stereocenters. The number of hydrogen-bond donors (Lipinski definition) is 1. The van der Waals surface area contributed by atoms with Crippen LogP contribution >= 0.6 is 0 Å². The molecule has 0 atom stereocenters. The summed E-state index contributed by atoms with van der Waals surface area (Å²) in [6, 6.07) is 0. The predicted octanol–water partition coefficient (Wildman–Crippen LogP) is 1.80. The first kappa shape index (κ1) is 11.5. The fourth-order valence-electron chi connectivity index (χ4n) is 2.15. The zero-order valence-corrected chi connectivity index (χ0v) is 10.2. The second-order valence-corrected chi connectivity index (χ2v) is 4.42. The van der Waals surface area contributed by atoms with Crippen LogP contribution in [-0.4, -0.2) is 40.6 Å². The topological polar surface area (TPSA) is 33.1 Å². The van der Waals surface area contributed by atoms with E-state index in [4.69, 9.17) is 0 Å². The van der Waals surface area contributed by atoms with Gasteiger partial charge in [-0.2, -0.15) is 0 Å². The third-order valence-corrected chi connectivity index (χ3v) is 3.10. The van der Waals surface area contributed by atoms with Crippen LogP contribution in [0.3, 0.4) is 0 Å². The van der Waals surface area contributed by atoms with E-state index in [-0.39, 0.29) is 0 Å². The van der Waals surface area contributed by atoms with Crippen LogP contribution in [0, 0.1) is 0 Å². The molecule has 1 aliphatic heterocycles. The number of likely N-dealkylation sites (tertiary alicyclic amines) is 1. The van der Waals surface area contributed by atoms with Gasteiger partial charge in [-0.15, -0.1) is 0 Å². The average molecular weight is 222 g/mol. The molecule has 0 radical (unpaired) electrons. The predicted molar refractivity (Wildman–Crippen MR) is 66.7 cm³/mol. The van der Waals surface area contributed by atoms with Crippen LogP contribution in [0.4, 0.5) is 5.95 Å². The molecule has 0 aromatic carbocycles. The summed E-state index contributed by atoms with van der Waals surface area (Å²) in [5, 5.41) is 3.35. The van der Waals surface area contributed by atoms with Gasteiger partial charge in [0.15, 0.2) is 0 Å². The quantitative estimate of drug-likeness (QED) is 0.796. The highest BCUT2D eigenvalue weighted by molar-refractivity contribution is 5.25. The molecule has 0 amide bonds. The first-order chi connectivity index (χ1) is 7.90. The number of nitrogens with zero attached hydrogens (tertiary/aromatic N) is 3. The summed E-state index contributed by atoms with van der Waals surface area (Å²) in [7, 11) is 0. The Balaban J connectivity index is 1.80. The van der Waals surface area contributed by atoms with Gasteiger partial charge in [-0.1, -0.05) is 6.92 Å². The molecule has 0 aliphatic carbocycles. The highest BCUT2D eigenvalue weighted by Crippen LogP contribution is 2.09. The fourth-order valence-corrected chi connectivity index (χ4v) is 2.15. The number of aromatic nitrogens is 2. The van der Waals surface area contributed by atoms with Gasteiger partial charge < -0.3 is 14.8 Å². The highest BCUT2D eigenvalue weighted by Gasteiger charge is 2.11. The molecule has 2 heterocycles. The van der Waals surface area contributed by atoms with Crippen LogP contribution in [0.25, 0.3) is 0 Å². The molecule has 1 aromatic heterocycles. The Labute approximate surface area is 97.7 Å². The lowest BCUT2D eigenvalue weighted by molar-refractivity contribution is 0.323. The van der Waals surface area contributed by atoms with Gasteiger partial charge in [0.25, 0.3) is 0 Å². The second kappa shape index (κ2) is 5.89. The molecule has 1 aromatic rings. The normalized spacial score (nSPS) is 16.8. The van der Waals surface area contributed by atoms with Gasteiger partial charge in [-0.3, -0.25) is 0 Å². The standard InChI is InChI=1S/C12H22N4/c1-2-5-13-12-14-6-9-16(12)11-10-15-7-3-4-8-15/h6,9H,2-5,7-8,10-11H2,1H3,(H,13,14). The monoisotopic (exact) mass is 222 g/mol. The third kappa shape index (κ3) is 2.98.